The number of nitrogens with one attached hydrogen (secondary N) is 1. The highest BCUT2D eigenvalue weighted by Crippen LogP contribution is 2.38. The van der Waals surface area contributed by atoms with Gasteiger partial charge in [0, 0.05) is 5.56 Å². The van der Waals surface area contributed by atoms with Crippen LogP contribution in [-0.4, -0.2) is 25.0 Å². The van der Waals surface area contributed by atoms with Gasteiger partial charge in [-0.15, -0.1) is 0 Å². The number of rotatable bonds is 6. The molecule has 0 atom stereocenters. The third-order valence-electron chi connectivity index (χ3n) is 5.09. The highest BCUT2D eigenvalue weighted by Gasteiger charge is 2.38. The van der Waals surface area contributed by atoms with Gasteiger partial charge in [-0.1, -0.05) is 30.3 Å². The van der Waals surface area contributed by atoms with Crippen LogP contribution < -0.4 is 19.7 Å². The Labute approximate surface area is 207 Å². The number of amides is 4. The van der Waals surface area contributed by atoms with Gasteiger partial charge in [0.2, 0.25) is 0 Å². The van der Waals surface area contributed by atoms with E-state index < -0.39 is 29.5 Å². The maximum atomic E-state index is 14.2. The zero-order valence-corrected chi connectivity index (χ0v) is 19.8. The van der Waals surface area contributed by atoms with Gasteiger partial charge >= 0.3 is 6.03 Å². The van der Waals surface area contributed by atoms with Gasteiger partial charge in [-0.3, -0.25) is 14.9 Å². The molecule has 4 rings (SSSR count). The van der Waals surface area contributed by atoms with Crippen molar-refractivity contribution in [3.63, 3.8) is 0 Å². The van der Waals surface area contributed by atoms with Crippen LogP contribution in [0.2, 0.25) is 0 Å². The van der Waals surface area contributed by atoms with Crippen molar-refractivity contribution in [2.24, 2.45) is 0 Å². The predicted molar refractivity (Wildman–Crippen MR) is 127 cm³/mol. The molecule has 3 aromatic carbocycles. The van der Waals surface area contributed by atoms with E-state index in [0.29, 0.717) is 20.5 Å². The molecule has 1 fully saturated rings. The SMILES string of the molecule is COc1cc(/C=C2/C(=O)NC(=O)N(c3ccccc3F)C2=O)cc(Br)c1OCc1ccccc1F. The fraction of sp³-hybridized carbons (Fsp3) is 0.0800. The number of hydrogen-bond donors (Lipinski definition) is 1. The molecule has 1 N–H and O–H groups in total. The standard InChI is InChI=1S/C25H17BrF2N2O5/c1-34-21-12-14(11-17(26)22(21)35-13-15-6-2-3-7-18(15)27)10-16-23(31)29-25(33)30(24(16)32)20-9-5-4-8-19(20)28/h2-12H,13H2,1H3,(H,29,31,33)/b16-10-. The monoisotopic (exact) mass is 542 g/mol. The number of benzene rings is 3. The molecule has 0 saturated carbocycles. The Morgan fingerprint density at radius 1 is 1.00 bits per heavy atom. The molecule has 4 amide bonds. The smallest absolute Gasteiger partial charge is 0.336 e. The van der Waals surface area contributed by atoms with E-state index in [9.17, 15) is 23.2 Å². The molecule has 1 aliphatic heterocycles. The molecule has 0 aromatic heterocycles. The molecule has 1 aliphatic rings. The van der Waals surface area contributed by atoms with Crippen molar-refractivity contribution >= 4 is 45.5 Å². The van der Waals surface area contributed by atoms with Crippen molar-refractivity contribution in [1.29, 1.82) is 0 Å². The van der Waals surface area contributed by atoms with Gasteiger partial charge in [-0.2, -0.15) is 0 Å². The lowest BCUT2D eigenvalue weighted by Crippen LogP contribution is -2.54. The first-order chi connectivity index (χ1) is 16.8. The van der Waals surface area contributed by atoms with Crippen LogP contribution >= 0.6 is 15.9 Å². The van der Waals surface area contributed by atoms with Crippen molar-refractivity contribution in [2.75, 3.05) is 12.0 Å². The number of ether oxygens (including phenoxy) is 2. The van der Waals surface area contributed by atoms with Gasteiger partial charge < -0.3 is 9.47 Å². The lowest BCUT2D eigenvalue weighted by Gasteiger charge is -2.26. The van der Waals surface area contributed by atoms with Gasteiger partial charge in [0.05, 0.1) is 17.3 Å². The summed E-state index contributed by atoms with van der Waals surface area (Å²) >= 11 is 3.37. The molecule has 3 aromatic rings. The zero-order chi connectivity index (χ0) is 25.1. The van der Waals surface area contributed by atoms with Crippen molar-refractivity contribution in [2.45, 2.75) is 6.61 Å². The highest BCUT2D eigenvalue weighted by molar-refractivity contribution is 9.10. The molecule has 1 saturated heterocycles. The Hall–Kier alpha value is -4.05. The quantitative estimate of drug-likeness (QED) is 0.350. The molecule has 0 spiro atoms. The van der Waals surface area contributed by atoms with Crippen LogP contribution in [0, 0.1) is 11.6 Å². The number of para-hydroxylation sites is 1. The van der Waals surface area contributed by atoms with Gasteiger partial charge in [0.1, 0.15) is 23.8 Å². The van der Waals surface area contributed by atoms with E-state index >= 15 is 0 Å². The fourth-order valence-corrected chi connectivity index (χ4v) is 3.98. The summed E-state index contributed by atoms with van der Waals surface area (Å²) in [6.07, 6.45) is 1.24. The van der Waals surface area contributed by atoms with E-state index in [4.69, 9.17) is 9.47 Å². The fourth-order valence-electron chi connectivity index (χ4n) is 3.40. The van der Waals surface area contributed by atoms with Crippen LogP contribution in [0.15, 0.2) is 70.7 Å². The molecule has 178 valence electrons. The summed E-state index contributed by atoms with van der Waals surface area (Å²) in [7, 11) is 1.39. The summed E-state index contributed by atoms with van der Waals surface area (Å²) in [6.45, 7) is -0.0668. The van der Waals surface area contributed by atoms with Gasteiger partial charge in [0.25, 0.3) is 11.8 Å². The minimum atomic E-state index is -1.06. The Morgan fingerprint density at radius 2 is 1.69 bits per heavy atom. The second kappa shape index (κ2) is 10.1. The topological polar surface area (TPSA) is 84.9 Å². The van der Waals surface area contributed by atoms with Gasteiger partial charge in [-0.25, -0.2) is 18.5 Å². The van der Waals surface area contributed by atoms with E-state index in [1.165, 1.54) is 43.5 Å². The van der Waals surface area contributed by atoms with Gasteiger partial charge in [0.15, 0.2) is 11.5 Å². The molecule has 0 aliphatic carbocycles. The molecule has 0 radical (unpaired) electrons. The molecule has 0 bridgehead atoms. The lowest BCUT2D eigenvalue weighted by molar-refractivity contribution is -0.122. The third kappa shape index (κ3) is 4.92. The van der Waals surface area contributed by atoms with Crippen molar-refractivity contribution in [1.82, 2.24) is 5.32 Å². The number of carbonyl (C=O) groups excluding carboxylic acids is 3. The minimum Gasteiger partial charge on any atom is -0.493 e. The molecular formula is C25H17BrF2N2O5. The number of urea groups is 1. The summed E-state index contributed by atoms with van der Waals surface area (Å²) in [5.74, 6) is -2.61. The minimum absolute atomic E-state index is 0.0668. The van der Waals surface area contributed by atoms with Crippen LogP contribution in [0.1, 0.15) is 11.1 Å². The normalized spacial score (nSPS) is 14.8. The number of nitrogens with zero attached hydrogens (tertiary/aromatic N) is 1. The molecular weight excluding hydrogens is 526 g/mol. The van der Waals surface area contributed by atoms with Crippen LogP contribution in [0.25, 0.3) is 6.08 Å². The number of halogens is 3. The molecule has 35 heavy (non-hydrogen) atoms. The first kappa shape index (κ1) is 24.1. The van der Waals surface area contributed by atoms with Crippen LogP contribution in [0.5, 0.6) is 11.5 Å². The second-order valence-corrected chi connectivity index (χ2v) is 8.18. The number of methoxy groups -OCH3 is 1. The first-order valence-corrected chi connectivity index (χ1v) is 11.0. The summed E-state index contributed by atoms with van der Waals surface area (Å²) in [5, 5.41) is 2.04. The number of imide groups is 2. The molecule has 0 unspecified atom stereocenters. The van der Waals surface area contributed by atoms with Crippen molar-refractivity contribution in [3.8, 4) is 11.5 Å². The Bertz CT molecular complexity index is 1380. The number of anilines is 1. The maximum Gasteiger partial charge on any atom is 0.336 e. The molecule has 1 heterocycles. The van der Waals surface area contributed by atoms with Gasteiger partial charge in [-0.05, 0) is 57.9 Å². The highest BCUT2D eigenvalue weighted by atomic mass is 79.9. The number of carbonyl (C=O) groups is 3. The number of barbiturate groups is 1. The van der Waals surface area contributed by atoms with E-state index in [-0.39, 0.29) is 29.4 Å². The summed E-state index contributed by atoms with van der Waals surface area (Å²) in [6, 6.07) is 13.4. The largest absolute Gasteiger partial charge is 0.493 e. The van der Waals surface area contributed by atoms with Crippen LogP contribution in [0.4, 0.5) is 19.3 Å². The second-order valence-electron chi connectivity index (χ2n) is 7.32. The van der Waals surface area contributed by atoms with Crippen LogP contribution in [-0.2, 0) is 16.2 Å². The van der Waals surface area contributed by atoms with E-state index in [1.807, 2.05) is 5.32 Å². The van der Waals surface area contributed by atoms with Crippen molar-refractivity contribution < 1.29 is 32.6 Å². The summed E-state index contributed by atoms with van der Waals surface area (Å²) in [4.78, 5) is 38.3. The van der Waals surface area contributed by atoms with Crippen LogP contribution in [0.3, 0.4) is 0 Å². The zero-order valence-electron chi connectivity index (χ0n) is 18.2. The Kier molecular flexibility index (Phi) is 6.92. The maximum absolute atomic E-state index is 14.2. The number of hydrogen-bond acceptors (Lipinski definition) is 5. The Morgan fingerprint density at radius 3 is 2.37 bits per heavy atom. The van der Waals surface area contributed by atoms with E-state index in [0.717, 1.165) is 6.07 Å². The predicted octanol–water partition coefficient (Wildman–Crippen LogP) is 4.98. The summed E-state index contributed by atoms with van der Waals surface area (Å²) in [5.41, 5.74) is 0.0224. The molecule has 7 nitrogen and oxygen atoms in total. The van der Waals surface area contributed by atoms with E-state index in [2.05, 4.69) is 15.9 Å². The molecule has 10 heteroatoms. The Balaban J connectivity index is 1.66. The average Bonchev–Trinajstić information content (AvgIpc) is 2.83. The van der Waals surface area contributed by atoms with Crippen molar-refractivity contribution in [3.05, 3.63) is 93.5 Å². The summed E-state index contributed by atoms with van der Waals surface area (Å²) < 4.78 is 39.7. The third-order valence-corrected chi connectivity index (χ3v) is 5.68. The average molecular weight is 543 g/mol. The first-order valence-electron chi connectivity index (χ1n) is 10.2. The van der Waals surface area contributed by atoms with E-state index in [1.54, 1.807) is 24.3 Å². The lowest BCUT2D eigenvalue weighted by atomic mass is 10.1.